The highest BCUT2D eigenvalue weighted by atomic mass is 16.5. The summed E-state index contributed by atoms with van der Waals surface area (Å²) in [6.07, 6.45) is 4.49. The van der Waals surface area contributed by atoms with E-state index in [9.17, 15) is 0 Å². The lowest BCUT2D eigenvalue weighted by Gasteiger charge is -2.26. The van der Waals surface area contributed by atoms with Crippen LogP contribution in [0.15, 0.2) is 0 Å². The van der Waals surface area contributed by atoms with Gasteiger partial charge in [0.05, 0.1) is 6.10 Å². The Hall–Kier alpha value is -0.0800. The average molecular weight is 155 g/mol. The van der Waals surface area contributed by atoms with Crippen LogP contribution in [-0.2, 0) is 4.74 Å². The van der Waals surface area contributed by atoms with Crippen molar-refractivity contribution in [1.82, 2.24) is 4.90 Å². The predicted octanol–water partition coefficient (Wildman–Crippen LogP) is 1.26. The van der Waals surface area contributed by atoms with Gasteiger partial charge in [0, 0.05) is 19.2 Å². The fourth-order valence-electron chi connectivity index (χ4n) is 2.58. The molecule has 2 aliphatic heterocycles. The first-order valence-electron chi connectivity index (χ1n) is 4.52. The van der Waals surface area contributed by atoms with Crippen LogP contribution in [0.3, 0.4) is 0 Å². The van der Waals surface area contributed by atoms with Crippen LogP contribution in [0.25, 0.3) is 0 Å². The molecule has 2 atom stereocenters. The number of methoxy groups -OCH3 is 1. The van der Waals surface area contributed by atoms with Crippen LogP contribution in [0, 0.1) is 0 Å². The number of hydrogen-bond acceptors (Lipinski definition) is 2. The van der Waals surface area contributed by atoms with E-state index < -0.39 is 0 Å². The lowest BCUT2D eigenvalue weighted by atomic mass is 9.96. The minimum atomic E-state index is 0.487. The highest BCUT2D eigenvalue weighted by Gasteiger charge is 2.44. The van der Waals surface area contributed by atoms with Crippen molar-refractivity contribution in [2.45, 2.75) is 37.8 Å². The Balaban J connectivity index is 2.06. The topological polar surface area (TPSA) is 12.5 Å². The standard InChI is InChI=1S/C9H17NO/c1-9-4-3-5-10(9)7-8(6-9)11-2/h8H,3-7H2,1-2H3/t8?,9-/m0/s1. The Labute approximate surface area is 68.5 Å². The Morgan fingerprint density at radius 1 is 1.55 bits per heavy atom. The number of nitrogens with zero attached hydrogens (tertiary/aromatic N) is 1. The van der Waals surface area contributed by atoms with E-state index in [1.54, 1.807) is 0 Å². The summed E-state index contributed by atoms with van der Waals surface area (Å²) < 4.78 is 5.37. The molecule has 2 saturated heterocycles. The molecule has 1 unspecified atom stereocenters. The normalized spacial score (nSPS) is 44.7. The van der Waals surface area contributed by atoms with Crippen molar-refractivity contribution in [3.05, 3.63) is 0 Å². The summed E-state index contributed by atoms with van der Waals surface area (Å²) >= 11 is 0. The van der Waals surface area contributed by atoms with E-state index in [0.717, 1.165) is 6.54 Å². The van der Waals surface area contributed by atoms with Crippen LogP contribution in [0.1, 0.15) is 26.2 Å². The third-order valence-corrected chi connectivity index (χ3v) is 3.33. The van der Waals surface area contributed by atoms with Gasteiger partial charge in [0.1, 0.15) is 0 Å². The zero-order valence-corrected chi connectivity index (χ0v) is 7.47. The molecule has 0 aromatic heterocycles. The van der Waals surface area contributed by atoms with Gasteiger partial charge in [0.25, 0.3) is 0 Å². The smallest absolute Gasteiger partial charge is 0.0715 e. The largest absolute Gasteiger partial charge is 0.380 e. The van der Waals surface area contributed by atoms with E-state index in [2.05, 4.69) is 11.8 Å². The molecule has 0 aliphatic carbocycles. The molecule has 64 valence electrons. The maximum Gasteiger partial charge on any atom is 0.0715 e. The summed E-state index contributed by atoms with van der Waals surface area (Å²) in [4.78, 5) is 2.58. The Bertz CT molecular complexity index is 160. The molecule has 2 nitrogen and oxygen atoms in total. The molecule has 2 heteroatoms. The second-order valence-electron chi connectivity index (χ2n) is 4.11. The SMILES string of the molecule is COC1CN2CCC[C@@]2(C)C1. The number of fused-ring (bicyclic) bond motifs is 1. The van der Waals surface area contributed by atoms with Gasteiger partial charge in [-0.05, 0) is 32.7 Å². The monoisotopic (exact) mass is 155 g/mol. The lowest BCUT2D eigenvalue weighted by molar-refractivity contribution is 0.107. The predicted molar refractivity (Wildman–Crippen MR) is 44.6 cm³/mol. The molecule has 0 saturated carbocycles. The summed E-state index contributed by atoms with van der Waals surface area (Å²) in [5, 5.41) is 0. The molecular formula is C9H17NO. The summed E-state index contributed by atoms with van der Waals surface area (Å²) in [7, 11) is 1.83. The van der Waals surface area contributed by atoms with Gasteiger partial charge in [0.15, 0.2) is 0 Å². The average Bonchev–Trinajstić information content (AvgIpc) is 2.42. The first kappa shape index (κ1) is 7.56. The summed E-state index contributed by atoms with van der Waals surface area (Å²) in [6, 6.07) is 0. The van der Waals surface area contributed by atoms with Crippen molar-refractivity contribution < 1.29 is 4.74 Å². The molecule has 2 heterocycles. The van der Waals surface area contributed by atoms with Gasteiger partial charge in [-0.15, -0.1) is 0 Å². The van der Waals surface area contributed by atoms with Crippen LogP contribution in [0.5, 0.6) is 0 Å². The van der Waals surface area contributed by atoms with Crippen molar-refractivity contribution in [2.75, 3.05) is 20.2 Å². The van der Waals surface area contributed by atoms with Crippen molar-refractivity contribution in [3.63, 3.8) is 0 Å². The number of ether oxygens (including phenoxy) is 1. The highest BCUT2D eigenvalue weighted by Crippen LogP contribution is 2.38. The van der Waals surface area contributed by atoms with E-state index in [4.69, 9.17) is 4.74 Å². The second-order valence-corrected chi connectivity index (χ2v) is 4.11. The third-order valence-electron chi connectivity index (χ3n) is 3.33. The number of hydrogen-bond donors (Lipinski definition) is 0. The number of rotatable bonds is 1. The van der Waals surface area contributed by atoms with E-state index in [-0.39, 0.29) is 0 Å². The van der Waals surface area contributed by atoms with Crippen molar-refractivity contribution in [1.29, 1.82) is 0 Å². The molecule has 2 aliphatic rings. The fourth-order valence-corrected chi connectivity index (χ4v) is 2.58. The quantitative estimate of drug-likeness (QED) is 0.565. The first-order chi connectivity index (χ1) is 5.24. The maximum absolute atomic E-state index is 5.37. The van der Waals surface area contributed by atoms with Gasteiger partial charge in [0.2, 0.25) is 0 Å². The summed E-state index contributed by atoms with van der Waals surface area (Å²) in [5.41, 5.74) is 0.487. The van der Waals surface area contributed by atoms with Crippen molar-refractivity contribution in [2.24, 2.45) is 0 Å². The Morgan fingerprint density at radius 2 is 2.36 bits per heavy atom. The van der Waals surface area contributed by atoms with Crippen LogP contribution >= 0.6 is 0 Å². The molecule has 0 N–H and O–H groups in total. The van der Waals surface area contributed by atoms with Gasteiger partial charge in [-0.2, -0.15) is 0 Å². The zero-order valence-electron chi connectivity index (χ0n) is 7.47. The Morgan fingerprint density at radius 3 is 3.00 bits per heavy atom. The third kappa shape index (κ3) is 1.09. The van der Waals surface area contributed by atoms with Crippen molar-refractivity contribution >= 4 is 0 Å². The lowest BCUT2D eigenvalue weighted by Crippen LogP contribution is -2.34. The second kappa shape index (κ2) is 2.46. The molecule has 0 amide bonds. The molecule has 0 aromatic carbocycles. The van der Waals surface area contributed by atoms with Gasteiger partial charge in [-0.1, -0.05) is 0 Å². The molecule has 2 fully saturated rings. The van der Waals surface area contributed by atoms with Gasteiger partial charge in [-0.3, -0.25) is 4.90 Å². The van der Waals surface area contributed by atoms with Crippen LogP contribution < -0.4 is 0 Å². The molecule has 11 heavy (non-hydrogen) atoms. The zero-order chi connectivity index (χ0) is 7.90. The molecule has 0 spiro atoms. The molecular weight excluding hydrogens is 138 g/mol. The molecule has 2 rings (SSSR count). The van der Waals surface area contributed by atoms with Gasteiger partial charge < -0.3 is 4.74 Å². The fraction of sp³-hybridized carbons (Fsp3) is 1.00. The van der Waals surface area contributed by atoms with Gasteiger partial charge >= 0.3 is 0 Å². The van der Waals surface area contributed by atoms with Crippen LogP contribution in [0.2, 0.25) is 0 Å². The minimum Gasteiger partial charge on any atom is -0.380 e. The van der Waals surface area contributed by atoms with E-state index in [1.165, 1.54) is 25.8 Å². The molecule has 0 radical (unpaired) electrons. The maximum atomic E-state index is 5.37. The van der Waals surface area contributed by atoms with Crippen LogP contribution in [-0.4, -0.2) is 36.7 Å². The minimum absolute atomic E-state index is 0.487. The summed E-state index contributed by atoms with van der Waals surface area (Å²) in [5.74, 6) is 0. The van der Waals surface area contributed by atoms with Crippen molar-refractivity contribution in [3.8, 4) is 0 Å². The summed E-state index contributed by atoms with van der Waals surface area (Å²) in [6.45, 7) is 4.82. The Kier molecular flexibility index (Phi) is 1.69. The van der Waals surface area contributed by atoms with Gasteiger partial charge in [-0.25, -0.2) is 0 Å². The van der Waals surface area contributed by atoms with E-state index >= 15 is 0 Å². The van der Waals surface area contributed by atoms with E-state index in [0.29, 0.717) is 11.6 Å². The molecule has 0 bridgehead atoms. The van der Waals surface area contributed by atoms with Crippen LogP contribution in [0.4, 0.5) is 0 Å². The highest BCUT2D eigenvalue weighted by molar-refractivity contribution is 5.00. The first-order valence-corrected chi connectivity index (χ1v) is 4.52. The van der Waals surface area contributed by atoms with E-state index in [1.807, 2.05) is 7.11 Å². The molecule has 0 aromatic rings.